The van der Waals surface area contributed by atoms with Crippen molar-refractivity contribution in [3.63, 3.8) is 0 Å². The van der Waals surface area contributed by atoms with Crippen LogP contribution in [0.15, 0.2) is 79.1 Å². The zero-order valence-corrected chi connectivity index (χ0v) is 13.8. The highest BCUT2D eigenvalue weighted by molar-refractivity contribution is 5.70. The average molecular weight is 324 g/mol. The van der Waals surface area contributed by atoms with Gasteiger partial charge in [-0.15, -0.1) is 0 Å². The topological polar surface area (TPSA) is 51.6 Å². The highest BCUT2D eigenvalue weighted by atomic mass is 15.0. The minimum atomic E-state index is 0.678. The van der Waals surface area contributed by atoms with Gasteiger partial charge in [-0.25, -0.2) is 15.0 Å². The SMILES string of the molecule is Cc1nc(-c2ccccc2)nc(-c2cccc(-c3cccnc3)c2)n1. The second kappa shape index (κ2) is 6.61. The first-order valence-corrected chi connectivity index (χ1v) is 8.08. The summed E-state index contributed by atoms with van der Waals surface area (Å²) in [6.07, 6.45) is 3.63. The Kier molecular flexibility index (Phi) is 4.01. The van der Waals surface area contributed by atoms with Crippen molar-refractivity contribution >= 4 is 0 Å². The number of benzene rings is 2. The highest BCUT2D eigenvalue weighted by Crippen LogP contribution is 2.25. The van der Waals surface area contributed by atoms with Gasteiger partial charge >= 0.3 is 0 Å². The first-order valence-electron chi connectivity index (χ1n) is 8.08. The van der Waals surface area contributed by atoms with E-state index in [0.29, 0.717) is 17.5 Å². The lowest BCUT2D eigenvalue weighted by molar-refractivity contribution is 0.992. The van der Waals surface area contributed by atoms with Crippen molar-refractivity contribution in [1.29, 1.82) is 0 Å². The smallest absolute Gasteiger partial charge is 0.163 e. The van der Waals surface area contributed by atoms with E-state index in [1.54, 1.807) is 6.20 Å². The van der Waals surface area contributed by atoms with Gasteiger partial charge in [0, 0.05) is 29.1 Å². The summed E-state index contributed by atoms with van der Waals surface area (Å²) in [6.45, 7) is 1.89. The zero-order valence-electron chi connectivity index (χ0n) is 13.8. The fraction of sp³-hybridized carbons (Fsp3) is 0.0476. The molecule has 0 spiro atoms. The molecule has 4 heteroatoms. The fourth-order valence-corrected chi connectivity index (χ4v) is 2.70. The Bertz CT molecular complexity index is 999. The molecule has 2 heterocycles. The van der Waals surface area contributed by atoms with Crippen LogP contribution in [-0.4, -0.2) is 19.9 Å². The number of hydrogen-bond acceptors (Lipinski definition) is 4. The molecule has 0 aliphatic heterocycles. The first kappa shape index (κ1) is 15.1. The second-order valence-electron chi connectivity index (χ2n) is 5.72. The van der Waals surface area contributed by atoms with E-state index in [9.17, 15) is 0 Å². The molecule has 0 atom stereocenters. The molecule has 0 aliphatic carbocycles. The molecular formula is C21H16N4. The highest BCUT2D eigenvalue weighted by Gasteiger charge is 2.09. The summed E-state index contributed by atoms with van der Waals surface area (Å²) < 4.78 is 0. The van der Waals surface area contributed by atoms with Crippen LogP contribution in [-0.2, 0) is 0 Å². The molecule has 4 rings (SSSR count). The van der Waals surface area contributed by atoms with Crippen LogP contribution in [0, 0.1) is 6.92 Å². The Balaban J connectivity index is 1.79. The summed E-state index contributed by atoms with van der Waals surface area (Å²) >= 11 is 0. The van der Waals surface area contributed by atoms with Gasteiger partial charge in [-0.05, 0) is 24.6 Å². The van der Waals surface area contributed by atoms with Gasteiger partial charge in [0.05, 0.1) is 0 Å². The summed E-state index contributed by atoms with van der Waals surface area (Å²) in [5.41, 5.74) is 4.10. The van der Waals surface area contributed by atoms with Crippen LogP contribution in [0.25, 0.3) is 33.9 Å². The Morgan fingerprint density at radius 2 is 1.28 bits per heavy atom. The Morgan fingerprint density at radius 1 is 0.600 bits per heavy atom. The van der Waals surface area contributed by atoms with Crippen molar-refractivity contribution in [2.75, 3.05) is 0 Å². The van der Waals surface area contributed by atoms with Gasteiger partial charge in [0.25, 0.3) is 0 Å². The third kappa shape index (κ3) is 3.28. The molecule has 120 valence electrons. The van der Waals surface area contributed by atoms with Crippen LogP contribution in [0.1, 0.15) is 5.82 Å². The third-order valence-corrected chi connectivity index (χ3v) is 3.89. The number of hydrogen-bond donors (Lipinski definition) is 0. The van der Waals surface area contributed by atoms with Gasteiger partial charge in [-0.2, -0.15) is 0 Å². The molecule has 0 N–H and O–H groups in total. The molecule has 0 aliphatic rings. The maximum absolute atomic E-state index is 4.67. The molecule has 0 saturated carbocycles. The van der Waals surface area contributed by atoms with Crippen molar-refractivity contribution in [2.45, 2.75) is 6.92 Å². The maximum Gasteiger partial charge on any atom is 0.163 e. The van der Waals surface area contributed by atoms with E-state index < -0.39 is 0 Å². The summed E-state index contributed by atoms with van der Waals surface area (Å²) in [6, 6.07) is 22.1. The minimum Gasteiger partial charge on any atom is -0.264 e. The molecule has 25 heavy (non-hydrogen) atoms. The van der Waals surface area contributed by atoms with E-state index in [1.807, 2.05) is 67.7 Å². The second-order valence-corrected chi connectivity index (χ2v) is 5.72. The lowest BCUT2D eigenvalue weighted by atomic mass is 10.0. The van der Waals surface area contributed by atoms with E-state index in [4.69, 9.17) is 0 Å². The number of pyridine rings is 1. The van der Waals surface area contributed by atoms with Gasteiger partial charge in [-0.1, -0.05) is 54.6 Å². The summed E-state index contributed by atoms with van der Waals surface area (Å²) in [5, 5.41) is 0. The quantitative estimate of drug-likeness (QED) is 0.553. The summed E-state index contributed by atoms with van der Waals surface area (Å²) in [4.78, 5) is 17.9. The van der Waals surface area contributed by atoms with Crippen molar-refractivity contribution < 1.29 is 0 Å². The van der Waals surface area contributed by atoms with Crippen LogP contribution < -0.4 is 0 Å². The van der Waals surface area contributed by atoms with Crippen molar-refractivity contribution in [3.05, 3.63) is 84.9 Å². The number of rotatable bonds is 3. The van der Waals surface area contributed by atoms with E-state index in [2.05, 4.69) is 32.1 Å². The van der Waals surface area contributed by atoms with Crippen LogP contribution in [0.5, 0.6) is 0 Å². The average Bonchev–Trinajstić information content (AvgIpc) is 2.69. The Morgan fingerprint density at radius 3 is 2.04 bits per heavy atom. The molecule has 4 aromatic rings. The minimum absolute atomic E-state index is 0.678. The predicted octanol–water partition coefficient (Wildman–Crippen LogP) is 4.58. The van der Waals surface area contributed by atoms with Crippen molar-refractivity contribution in [2.24, 2.45) is 0 Å². The molecule has 0 unspecified atom stereocenters. The maximum atomic E-state index is 4.67. The van der Waals surface area contributed by atoms with Gasteiger partial charge in [0.15, 0.2) is 11.6 Å². The number of aromatic nitrogens is 4. The summed E-state index contributed by atoms with van der Waals surface area (Å²) in [5.74, 6) is 2.07. The van der Waals surface area contributed by atoms with Crippen LogP contribution in [0.3, 0.4) is 0 Å². The van der Waals surface area contributed by atoms with Crippen molar-refractivity contribution in [3.8, 4) is 33.9 Å². The number of nitrogens with zero attached hydrogens (tertiary/aromatic N) is 4. The van der Waals surface area contributed by atoms with Gasteiger partial charge in [-0.3, -0.25) is 4.98 Å². The van der Waals surface area contributed by atoms with Crippen LogP contribution >= 0.6 is 0 Å². The van der Waals surface area contributed by atoms with Gasteiger partial charge in [0.2, 0.25) is 0 Å². The largest absolute Gasteiger partial charge is 0.264 e. The number of aryl methyl sites for hydroxylation is 1. The monoisotopic (exact) mass is 324 g/mol. The molecule has 2 aromatic heterocycles. The molecule has 2 aromatic carbocycles. The molecular weight excluding hydrogens is 308 g/mol. The van der Waals surface area contributed by atoms with Gasteiger partial charge < -0.3 is 0 Å². The van der Waals surface area contributed by atoms with E-state index in [1.165, 1.54) is 0 Å². The molecule has 0 fully saturated rings. The lowest BCUT2D eigenvalue weighted by Crippen LogP contribution is -1.99. The normalized spacial score (nSPS) is 10.6. The lowest BCUT2D eigenvalue weighted by Gasteiger charge is -2.07. The fourth-order valence-electron chi connectivity index (χ4n) is 2.70. The zero-order chi connectivity index (χ0) is 17.1. The summed E-state index contributed by atoms with van der Waals surface area (Å²) in [7, 11) is 0. The molecule has 0 bridgehead atoms. The molecule has 0 saturated heterocycles. The van der Waals surface area contributed by atoms with E-state index >= 15 is 0 Å². The molecule has 0 amide bonds. The van der Waals surface area contributed by atoms with Gasteiger partial charge in [0.1, 0.15) is 5.82 Å². The van der Waals surface area contributed by atoms with E-state index in [0.717, 1.165) is 22.3 Å². The molecule has 0 radical (unpaired) electrons. The Labute approximate surface area is 146 Å². The van der Waals surface area contributed by atoms with Crippen LogP contribution in [0.4, 0.5) is 0 Å². The van der Waals surface area contributed by atoms with E-state index in [-0.39, 0.29) is 0 Å². The first-order chi connectivity index (χ1) is 12.3. The van der Waals surface area contributed by atoms with Crippen molar-refractivity contribution in [1.82, 2.24) is 19.9 Å². The third-order valence-electron chi connectivity index (χ3n) is 3.89. The van der Waals surface area contributed by atoms with Crippen LogP contribution in [0.2, 0.25) is 0 Å². The Hall–Kier alpha value is -3.40. The predicted molar refractivity (Wildman–Crippen MR) is 98.7 cm³/mol. The molecule has 4 nitrogen and oxygen atoms in total. The standard InChI is InChI=1S/C21H16N4/c1-15-23-20(16-7-3-2-4-8-16)25-21(24-15)18-10-5-9-17(13-18)19-11-6-12-22-14-19/h2-14H,1H3.